The van der Waals surface area contributed by atoms with E-state index in [-0.39, 0.29) is 12.1 Å². The number of nitrogens with two attached hydrogens (primary N) is 2. The topological polar surface area (TPSA) is 108 Å². The molecule has 8 rings (SSSR count). The Morgan fingerprint density at radius 3 is 1.20 bits per heavy atom. The third-order valence-corrected chi connectivity index (χ3v) is 12.4. The Morgan fingerprint density at radius 1 is 0.450 bits per heavy atom. The van der Waals surface area contributed by atoms with Crippen LogP contribution in [0, 0.1) is 0 Å². The highest BCUT2D eigenvalue weighted by Crippen LogP contribution is 2.23. The van der Waals surface area contributed by atoms with Crippen LogP contribution in [0.2, 0.25) is 0 Å². The van der Waals surface area contributed by atoms with Gasteiger partial charge in [0.2, 0.25) is 0 Å². The van der Waals surface area contributed by atoms with Crippen LogP contribution in [0.5, 0.6) is 0 Å². The zero-order chi connectivity index (χ0) is 41.1. The van der Waals surface area contributed by atoms with E-state index in [9.17, 15) is 0 Å². The molecule has 4 heterocycles. The number of nitrogens with zero attached hydrogens (tertiary/aromatic N) is 6. The molecule has 2 aromatic heterocycles. The molecule has 2 aliphatic heterocycles. The van der Waals surface area contributed by atoms with E-state index in [0.29, 0.717) is 17.4 Å². The van der Waals surface area contributed by atoms with Crippen LogP contribution in [0.3, 0.4) is 0 Å². The highest BCUT2D eigenvalue weighted by molar-refractivity contribution is 5.89. The lowest BCUT2D eigenvalue weighted by Gasteiger charge is -2.43. The van der Waals surface area contributed by atoms with Gasteiger partial charge in [-0.15, -0.1) is 0 Å². The van der Waals surface area contributed by atoms with Crippen molar-refractivity contribution in [2.24, 2.45) is 0 Å². The van der Waals surface area contributed by atoms with Crippen LogP contribution in [0.4, 0.5) is 11.6 Å². The average Bonchev–Trinajstić information content (AvgIpc) is 3.30. The van der Waals surface area contributed by atoms with Crippen molar-refractivity contribution in [1.82, 2.24) is 29.6 Å². The van der Waals surface area contributed by atoms with Crippen molar-refractivity contribution < 1.29 is 4.79 Å². The fourth-order valence-corrected chi connectivity index (χ4v) is 8.80. The summed E-state index contributed by atoms with van der Waals surface area (Å²) in [4.78, 5) is 34.2. The summed E-state index contributed by atoms with van der Waals surface area (Å²) in [6.07, 6.45) is 3.42. The SMILES string of the molecule is Nc1cccc(-c2ccc(CCN3CCN(C(Cc4ccccc4)C(=O)C(Cc4ccccc4)N4CCN(CCc5ccc(-c6cccc(N)n6)cc5)CC4)CC3)cc2)n1. The van der Waals surface area contributed by atoms with Gasteiger partial charge in [0.1, 0.15) is 11.6 Å². The third kappa shape index (κ3) is 10.9. The molecular formula is C51H58N8O. The van der Waals surface area contributed by atoms with Crippen molar-refractivity contribution in [3.63, 3.8) is 0 Å². The van der Waals surface area contributed by atoms with Crippen LogP contribution in [-0.4, -0.2) is 113 Å². The van der Waals surface area contributed by atoms with E-state index in [0.717, 1.165) is 114 Å². The number of carbonyl (C=O) groups is 1. The number of aromatic nitrogens is 2. The Labute approximate surface area is 355 Å². The van der Waals surface area contributed by atoms with Gasteiger partial charge >= 0.3 is 0 Å². The lowest BCUT2D eigenvalue weighted by atomic mass is 9.91. The summed E-state index contributed by atoms with van der Waals surface area (Å²) in [5, 5.41) is 0. The van der Waals surface area contributed by atoms with Crippen LogP contribution < -0.4 is 11.5 Å². The molecule has 9 nitrogen and oxygen atoms in total. The predicted octanol–water partition coefficient (Wildman–Crippen LogP) is 6.79. The van der Waals surface area contributed by atoms with Crippen LogP contribution in [0.25, 0.3) is 22.5 Å². The molecule has 0 saturated carbocycles. The Hall–Kier alpha value is -5.71. The second kappa shape index (κ2) is 20.0. The van der Waals surface area contributed by atoms with Crippen LogP contribution in [0.1, 0.15) is 22.3 Å². The number of Topliss-reactive ketones (excluding diaryl/α,β-unsaturated/α-hetero) is 1. The summed E-state index contributed by atoms with van der Waals surface area (Å²) in [7, 11) is 0. The standard InChI is InChI=1S/C51H58N8O/c52-49-15-7-13-45(54-49)43-21-17-39(18-22-43)25-27-56-29-33-58(34-30-56)47(37-41-9-3-1-4-10-41)51(60)48(38-42-11-5-2-6-12-42)59-35-31-57(32-36-59)28-26-40-19-23-44(24-20-40)46-14-8-16-50(53)55-46/h1-24,47-48H,25-38H2,(H2,52,54)(H2,53,55). The number of anilines is 2. The monoisotopic (exact) mass is 798 g/mol. The van der Waals surface area contributed by atoms with Gasteiger partial charge in [-0.2, -0.15) is 0 Å². The van der Waals surface area contributed by atoms with Gasteiger partial charge in [-0.05, 0) is 72.2 Å². The highest BCUT2D eigenvalue weighted by atomic mass is 16.1. The summed E-state index contributed by atoms with van der Waals surface area (Å²) in [6, 6.07) is 49.8. The first-order chi connectivity index (χ1) is 29.4. The summed E-state index contributed by atoms with van der Waals surface area (Å²) < 4.78 is 0. The van der Waals surface area contributed by atoms with E-state index in [1.165, 1.54) is 22.3 Å². The number of carbonyl (C=O) groups excluding carboxylic acids is 1. The van der Waals surface area contributed by atoms with Gasteiger partial charge in [-0.25, -0.2) is 9.97 Å². The van der Waals surface area contributed by atoms with Crippen molar-refractivity contribution in [1.29, 1.82) is 0 Å². The van der Waals surface area contributed by atoms with E-state index in [2.05, 4.69) is 139 Å². The van der Waals surface area contributed by atoms with Crippen LogP contribution in [0.15, 0.2) is 146 Å². The predicted molar refractivity (Wildman–Crippen MR) is 244 cm³/mol. The third-order valence-electron chi connectivity index (χ3n) is 12.4. The molecule has 308 valence electrons. The van der Waals surface area contributed by atoms with Gasteiger partial charge < -0.3 is 21.3 Å². The van der Waals surface area contributed by atoms with Gasteiger partial charge in [0.15, 0.2) is 5.78 Å². The fraction of sp³-hybridized carbons (Fsp3) is 0.314. The second-order valence-electron chi connectivity index (χ2n) is 16.4. The number of hydrogen-bond acceptors (Lipinski definition) is 9. The zero-order valence-corrected chi connectivity index (χ0v) is 34.7. The van der Waals surface area contributed by atoms with Gasteiger partial charge in [0, 0.05) is 76.6 Å². The lowest BCUT2D eigenvalue weighted by Crippen LogP contribution is -2.60. The van der Waals surface area contributed by atoms with E-state index in [1.807, 2.05) is 36.4 Å². The van der Waals surface area contributed by atoms with Gasteiger partial charge in [0.25, 0.3) is 0 Å². The van der Waals surface area contributed by atoms with Crippen molar-refractivity contribution in [2.45, 2.75) is 37.8 Å². The minimum Gasteiger partial charge on any atom is -0.384 e. The van der Waals surface area contributed by atoms with Crippen LogP contribution >= 0.6 is 0 Å². The van der Waals surface area contributed by atoms with E-state index < -0.39 is 0 Å². The van der Waals surface area contributed by atoms with Crippen molar-refractivity contribution in [2.75, 3.05) is 76.9 Å². The van der Waals surface area contributed by atoms with E-state index in [1.54, 1.807) is 0 Å². The molecule has 0 amide bonds. The molecule has 2 saturated heterocycles. The Balaban J connectivity index is 0.898. The molecule has 0 aliphatic carbocycles. The van der Waals surface area contributed by atoms with Gasteiger partial charge in [0.05, 0.1) is 23.5 Å². The van der Waals surface area contributed by atoms with Crippen molar-refractivity contribution >= 4 is 17.4 Å². The van der Waals surface area contributed by atoms with Gasteiger partial charge in [-0.3, -0.25) is 14.6 Å². The number of benzene rings is 4. The molecule has 2 fully saturated rings. The smallest absolute Gasteiger partial charge is 0.167 e. The van der Waals surface area contributed by atoms with E-state index >= 15 is 4.79 Å². The molecule has 9 heteroatoms. The number of nitrogen functional groups attached to an aromatic ring is 2. The molecule has 4 N–H and O–H groups in total. The first-order valence-electron chi connectivity index (χ1n) is 21.6. The molecule has 0 spiro atoms. The summed E-state index contributed by atoms with van der Waals surface area (Å²) >= 11 is 0. The lowest BCUT2D eigenvalue weighted by molar-refractivity contribution is -0.131. The van der Waals surface area contributed by atoms with Crippen molar-refractivity contribution in [3.05, 3.63) is 168 Å². The minimum absolute atomic E-state index is 0.181. The normalized spacial score (nSPS) is 16.7. The summed E-state index contributed by atoms with van der Waals surface area (Å²) in [5.41, 5.74) is 20.8. The van der Waals surface area contributed by atoms with Crippen LogP contribution in [-0.2, 0) is 30.5 Å². The maximum absolute atomic E-state index is 15.2. The molecule has 60 heavy (non-hydrogen) atoms. The zero-order valence-electron chi connectivity index (χ0n) is 34.7. The minimum atomic E-state index is -0.181. The molecule has 0 radical (unpaired) electrons. The highest BCUT2D eigenvalue weighted by Gasteiger charge is 2.37. The molecule has 2 unspecified atom stereocenters. The Bertz CT molecular complexity index is 2090. The van der Waals surface area contributed by atoms with Crippen molar-refractivity contribution in [3.8, 4) is 22.5 Å². The molecule has 0 bridgehead atoms. The summed E-state index contributed by atoms with van der Waals surface area (Å²) in [6.45, 7) is 9.32. The van der Waals surface area contributed by atoms with E-state index in [4.69, 9.17) is 11.5 Å². The largest absolute Gasteiger partial charge is 0.384 e. The van der Waals surface area contributed by atoms with Gasteiger partial charge in [-0.1, -0.05) is 121 Å². The Morgan fingerprint density at radius 2 is 0.833 bits per heavy atom. The molecular weight excluding hydrogens is 741 g/mol. The second-order valence-corrected chi connectivity index (χ2v) is 16.4. The fourth-order valence-electron chi connectivity index (χ4n) is 8.80. The number of hydrogen-bond donors (Lipinski definition) is 2. The maximum atomic E-state index is 15.2. The molecule has 6 aromatic rings. The quantitative estimate of drug-likeness (QED) is 0.110. The number of pyridine rings is 2. The number of rotatable bonds is 16. The molecule has 2 aliphatic rings. The first kappa shape index (κ1) is 41.0. The summed E-state index contributed by atoms with van der Waals surface area (Å²) in [5.74, 6) is 1.43. The molecule has 4 aromatic carbocycles. The number of ketones is 1. The molecule has 2 atom stereocenters. The first-order valence-corrected chi connectivity index (χ1v) is 21.6. The maximum Gasteiger partial charge on any atom is 0.167 e. The number of piperazine rings is 2. The average molecular weight is 799 g/mol. The Kier molecular flexibility index (Phi) is 13.7.